The van der Waals surface area contributed by atoms with Gasteiger partial charge in [0.25, 0.3) is 0 Å². The van der Waals surface area contributed by atoms with Crippen LogP contribution in [0.15, 0.2) is 18.2 Å². The zero-order valence-corrected chi connectivity index (χ0v) is 11.9. The van der Waals surface area contributed by atoms with E-state index in [2.05, 4.69) is 5.32 Å². The van der Waals surface area contributed by atoms with Crippen molar-refractivity contribution < 1.29 is 13.2 Å². The van der Waals surface area contributed by atoms with Crippen molar-refractivity contribution in [3.05, 3.63) is 29.3 Å². The Labute approximate surface area is 118 Å². The molecule has 20 heavy (non-hydrogen) atoms. The topological polar surface area (TPSA) is 15.3 Å². The van der Waals surface area contributed by atoms with Crippen molar-refractivity contribution >= 4 is 5.69 Å². The number of alkyl halides is 3. The molecule has 112 valence electrons. The van der Waals surface area contributed by atoms with Crippen LogP contribution in [0.25, 0.3) is 0 Å². The van der Waals surface area contributed by atoms with Crippen LogP contribution in [0.1, 0.15) is 37.3 Å². The van der Waals surface area contributed by atoms with E-state index in [0.29, 0.717) is 17.3 Å². The van der Waals surface area contributed by atoms with Crippen molar-refractivity contribution in [3.63, 3.8) is 0 Å². The summed E-state index contributed by atoms with van der Waals surface area (Å²) >= 11 is 0. The first kappa shape index (κ1) is 15.2. The number of nitrogens with one attached hydrogen (secondary N) is 1. The quantitative estimate of drug-likeness (QED) is 0.800. The van der Waals surface area contributed by atoms with E-state index in [9.17, 15) is 13.2 Å². The van der Waals surface area contributed by atoms with E-state index in [4.69, 9.17) is 0 Å². The summed E-state index contributed by atoms with van der Waals surface area (Å²) in [5.41, 5.74) is 0.448. The second-order valence-electron chi connectivity index (χ2n) is 5.36. The van der Waals surface area contributed by atoms with Gasteiger partial charge >= 0.3 is 6.18 Å². The number of anilines is 1. The lowest BCUT2D eigenvalue weighted by Gasteiger charge is -2.22. The van der Waals surface area contributed by atoms with Crippen LogP contribution < -0.4 is 10.2 Å². The SMILES string of the molecule is CCCNCc1ccc(N(C)C2CC2)cc1C(F)(F)F. The van der Waals surface area contributed by atoms with Crippen molar-refractivity contribution in [3.8, 4) is 0 Å². The van der Waals surface area contributed by atoms with Gasteiger partial charge in [-0.05, 0) is 43.5 Å². The van der Waals surface area contributed by atoms with E-state index >= 15 is 0 Å². The van der Waals surface area contributed by atoms with Gasteiger partial charge in [-0.2, -0.15) is 13.2 Å². The lowest BCUT2D eigenvalue weighted by Crippen LogP contribution is -2.22. The highest BCUT2D eigenvalue weighted by molar-refractivity contribution is 5.53. The number of benzene rings is 1. The first-order chi connectivity index (χ1) is 9.43. The summed E-state index contributed by atoms with van der Waals surface area (Å²) in [5, 5.41) is 3.03. The third kappa shape index (κ3) is 3.66. The van der Waals surface area contributed by atoms with E-state index in [1.807, 2.05) is 18.9 Å². The van der Waals surface area contributed by atoms with Crippen molar-refractivity contribution in [2.24, 2.45) is 0 Å². The lowest BCUT2D eigenvalue weighted by molar-refractivity contribution is -0.138. The summed E-state index contributed by atoms with van der Waals surface area (Å²) in [6, 6.07) is 5.07. The third-order valence-electron chi connectivity index (χ3n) is 3.64. The maximum Gasteiger partial charge on any atom is 0.416 e. The Kier molecular flexibility index (Phi) is 4.58. The molecule has 0 aromatic heterocycles. The van der Waals surface area contributed by atoms with E-state index in [1.165, 1.54) is 6.07 Å². The molecule has 1 saturated carbocycles. The molecular weight excluding hydrogens is 265 g/mol. The Morgan fingerprint density at radius 3 is 2.55 bits per heavy atom. The van der Waals surface area contributed by atoms with Crippen LogP contribution in [0.3, 0.4) is 0 Å². The summed E-state index contributed by atoms with van der Waals surface area (Å²) in [6.45, 7) is 2.97. The fourth-order valence-corrected chi connectivity index (χ4v) is 2.27. The molecule has 1 fully saturated rings. The Balaban J connectivity index is 2.22. The minimum Gasteiger partial charge on any atom is -0.372 e. The molecule has 2 rings (SSSR count). The smallest absolute Gasteiger partial charge is 0.372 e. The van der Waals surface area contributed by atoms with E-state index in [1.54, 1.807) is 12.1 Å². The van der Waals surface area contributed by atoms with Gasteiger partial charge in [-0.25, -0.2) is 0 Å². The highest BCUT2D eigenvalue weighted by Gasteiger charge is 2.34. The van der Waals surface area contributed by atoms with Crippen molar-refractivity contribution in [2.45, 2.75) is 44.9 Å². The van der Waals surface area contributed by atoms with E-state index in [-0.39, 0.29) is 6.54 Å². The summed E-state index contributed by atoms with van der Waals surface area (Å²) in [7, 11) is 1.86. The van der Waals surface area contributed by atoms with Crippen LogP contribution in [0, 0.1) is 0 Å². The van der Waals surface area contributed by atoms with Crippen molar-refractivity contribution in [1.82, 2.24) is 5.32 Å². The van der Waals surface area contributed by atoms with Gasteiger partial charge in [0.05, 0.1) is 5.56 Å². The van der Waals surface area contributed by atoms with E-state index in [0.717, 1.165) is 25.8 Å². The van der Waals surface area contributed by atoms with Crippen LogP contribution in [0.4, 0.5) is 18.9 Å². The maximum atomic E-state index is 13.2. The summed E-state index contributed by atoms with van der Waals surface area (Å²) in [5.74, 6) is 0. The van der Waals surface area contributed by atoms with Crippen LogP contribution in [-0.4, -0.2) is 19.6 Å². The average Bonchev–Trinajstić information content (AvgIpc) is 3.21. The van der Waals surface area contributed by atoms with Crippen LogP contribution in [0.2, 0.25) is 0 Å². The van der Waals surface area contributed by atoms with Gasteiger partial charge in [0.1, 0.15) is 0 Å². The van der Waals surface area contributed by atoms with Gasteiger partial charge in [-0.3, -0.25) is 0 Å². The largest absolute Gasteiger partial charge is 0.416 e. The molecule has 2 nitrogen and oxygen atoms in total. The van der Waals surface area contributed by atoms with Gasteiger partial charge < -0.3 is 10.2 Å². The summed E-state index contributed by atoms with van der Waals surface area (Å²) < 4.78 is 39.5. The molecule has 1 aromatic carbocycles. The molecule has 1 N–H and O–H groups in total. The Morgan fingerprint density at radius 2 is 2.00 bits per heavy atom. The number of halogens is 3. The molecule has 0 aliphatic heterocycles. The summed E-state index contributed by atoms with van der Waals surface area (Å²) in [6.07, 6.45) is -1.26. The Hall–Kier alpha value is -1.23. The predicted molar refractivity (Wildman–Crippen MR) is 74.9 cm³/mol. The van der Waals surface area contributed by atoms with Gasteiger partial charge in [-0.15, -0.1) is 0 Å². The molecule has 5 heteroatoms. The van der Waals surface area contributed by atoms with Crippen molar-refractivity contribution in [2.75, 3.05) is 18.5 Å². The predicted octanol–water partition coefficient (Wildman–Crippen LogP) is 3.80. The van der Waals surface area contributed by atoms with Gasteiger partial charge in [0.2, 0.25) is 0 Å². The molecule has 0 spiro atoms. The zero-order chi connectivity index (χ0) is 14.8. The second kappa shape index (κ2) is 6.04. The first-order valence-electron chi connectivity index (χ1n) is 7.07. The molecular formula is C15H21F3N2. The molecule has 1 aromatic rings. The van der Waals surface area contributed by atoms with Gasteiger partial charge in [0, 0.05) is 25.3 Å². The number of hydrogen-bond acceptors (Lipinski definition) is 2. The van der Waals surface area contributed by atoms with E-state index < -0.39 is 11.7 Å². The average molecular weight is 286 g/mol. The zero-order valence-electron chi connectivity index (χ0n) is 11.9. The Bertz CT molecular complexity index is 453. The fourth-order valence-electron chi connectivity index (χ4n) is 2.27. The number of hydrogen-bond donors (Lipinski definition) is 1. The summed E-state index contributed by atoms with van der Waals surface area (Å²) in [4.78, 5) is 1.94. The molecule has 1 aliphatic rings. The minimum atomic E-state index is -4.30. The third-order valence-corrected chi connectivity index (χ3v) is 3.64. The van der Waals surface area contributed by atoms with Crippen molar-refractivity contribution in [1.29, 1.82) is 0 Å². The molecule has 0 radical (unpaired) electrons. The normalized spacial score (nSPS) is 15.4. The minimum absolute atomic E-state index is 0.260. The molecule has 0 amide bonds. The number of nitrogens with zero attached hydrogens (tertiary/aromatic N) is 1. The first-order valence-corrected chi connectivity index (χ1v) is 7.07. The molecule has 0 saturated heterocycles. The van der Waals surface area contributed by atoms with Gasteiger partial charge in [0.15, 0.2) is 0 Å². The highest BCUT2D eigenvalue weighted by atomic mass is 19.4. The van der Waals surface area contributed by atoms with Gasteiger partial charge in [-0.1, -0.05) is 13.0 Å². The molecule has 0 bridgehead atoms. The standard InChI is InChI=1S/C15H21F3N2/c1-3-8-19-10-11-4-5-13(20(2)12-6-7-12)9-14(11)15(16,17)18/h4-5,9,12,19H,3,6-8,10H2,1-2H3. The van der Waals surface area contributed by atoms with Crippen LogP contribution in [-0.2, 0) is 12.7 Å². The fraction of sp³-hybridized carbons (Fsp3) is 0.600. The Morgan fingerprint density at radius 1 is 1.30 bits per heavy atom. The molecule has 0 heterocycles. The lowest BCUT2D eigenvalue weighted by atomic mass is 10.1. The molecule has 0 unspecified atom stereocenters. The molecule has 1 aliphatic carbocycles. The second-order valence-corrected chi connectivity index (χ2v) is 5.36. The highest BCUT2D eigenvalue weighted by Crippen LogP contribution is 2.37. The molecule has 0 atom stereocenters. The van der Waals surface area contributed by atoms with Crippen LogP contribution in [0.5, 0.6) is 0 Å². The maximum absolute atomic E-state index is 13.2. The monoisotopic (exact) mass is 286 g/mol. The number of rotatable bonds is 6. The van der Waals surface area contributed by atoms with Crippen LogP contribution >= 0.6 is 0 Å².